The molecule has 0 spiro atoms. The maximum Gasteiger partial charge on any atom is 0.205 e. The van der Waals surface area contributed by atoms with Gasteiger partial charge in [-0.1, -0.05) is 30.3 Å². The van der Waals surface area contributed by atoms with E-state index < -0.39 is 0 Å². The number of hydrogen-bond acceptors (Lipinski definition) is 4. The van der Waals surface area contributed by atoms with Gasteiger partial charge in [0.2, 0.25) is 5.82 Å². The van der Waals surface area contributed by atoms with Gasteiger partial charge >= 0.3 is 0 Å². The standard InChI is InChI=1S/C11H12N4O/c1-2-5-9(6-3-1)11-12-14-15(13-11)10-7-4-8-16-10/h1-3,5-6,10H,4,7-8H2. The number of benzene rings is 1. The third kappa shape index (κ3) is 1.69. The molecule has 0 N–H and O–H groups in total. The molecule has 82 valence electrons. The van der Waals surface area contributed by atoms with E-state index in [1.165, 1.54) is 0 Å². The zero-order valence-electron chi connectivity index (χ0n) is 8.78. The van der Waals surface area contributed by atoms with E-state index in [0.717, 1.165) is 25.0 Å². The molecule has 16 heavy (non-hydrogen) atoms. The lowest BCUT2D eigenvalue weighted by molar-refractivity contribution is 0.0342. The molecular formula is C11H12N4O. The fourth-order valence-corrected chi connectivity index (χ4v) is 1.79. The molecule has 0 bridgehead atoms. The van der Waals surface area contributed by atoms with Crippen molar-refractivity contribution >= 4 is 0 Å². The summed E-state index contributed by atoms with van der Waals surface area (Å²) in [4.78, 5) is 1.56. The molecule has 3 rings (SSSR count). The van der Waals surface area contributed by atoms with Gasteiger partial charge in [0.1, 0.15) is 0 Å². The van der Waals surface area contributed by atoms with Crippen molar-refractivity contribution in [2.75, 3.05) is 6.61 Å². The van der Waals surface area contributed by atoms with E-state index in [4.69, 9.17) is 4.74 Å². The van der Waals surface area contributed by atoms with E-state index >= 15 is 0 Å². The quantitative estimate of drug-likeness (QED) is 0.766. The molecule has 0 aliphatic carbocycles. The smallest absolute Gasteiger partial charge is 0.205 e. The molecule has 1 aliphatic heterocycles. The topological polar surface area (TPSA) is 52.8 Å². The largest absolute Gasteiger partial charge is 0.355 e. The van der Waals surface area contributed by atoms with E-state index in [0.29, 0.717) is 5.82 Å². The molecule has 2 aromatic rings. The van der Waals surface area contributed by atoms with Crippen LogP contribution in [-0.4, -0.2) is 26.8 Å². The van der Waals surface area contributed by atoms with Crippen LogP contribution in [0.25, 0.3) is 11.4 Å². The zero-order chi connectivity index (χ0) is 10.8. The molecule has 0 saturated carbocycles. The van der Waals surface area contributed by atoms with Crippen LogP contribution in [0.2, 0.25) is 0 Å². The molecule has 1 unspecified atom stereocenters. The Hall–Kier alpha value is -1.75. The summed E-state index contributed by atoms with van der Waals surface area (Å²) in [5, 5.41) is 12.4. The van der Waals surface area contributed by atoms with E-state index in [-0.39, 0.29) is 6.23 Å². The highest BCUT2D eigenvalue weighted by molar-refractivity contribution is 5.52. The summed E-state index contributed by atoms with van der Waals surface area (Å²) in [5.41, 5.74) is 0.978. The molecule has 5 nitrogen and oxygen atoms in total. The van der Waals surface area contributed by atoms with Crippen molar-refractivity contribution < 1.29 is 4.74 Å². The first-order valence-electron chi connectivity index (χ1n) is 5.40. The number of nitrogens with zero attached hydrogens (tertiary/aromatic N) is 4. The van der Waals surface area contributed by atoms with Gasteiger partial charge < -0.3 is 4.74 Å². The third-order valence-electron chi connectivity index (χ3n) is 2.62. The lowest BCUT2D eigenvalue weighted by Gasteiger charge is -2.05. The van der Waals surface area contributed by atoms with Crippen molar-refractivity contribution in [1.82, 2.24) is 20.2 Å². The van der Waals surface area contributed by atoms with Crippen molar-refractivity contribution in [3.05, 3.63) is 30.3 Å². The summed E-state index contributed by atoms with van der Waals surface area (Å²) in [7, 11) is 0. The molecule has 1 aromatic carbocycles. The minimum absolute atomic E-state index is 0.0371. The average Bonchev–Trinajstić information content (AvgIpc) is 3.01. The van der Waals surface area contributed by atoms with Gasteiger partial charge in [0.05, 0.1) is 0 Å². The van der Waals surface area contributed by atoms with E-state index in [1.54, 1.807) is 4.80 Å². The maximum absolute atomic E-state index is 5.49. The molecule has 1 atom stereocenters. The van der Waals surface area contributed by atoms with Gasteiger partial charge in [-0.3, -0.25) is 0 Å². The Balaban J connectivity index is 1.87. The highest BCUT2D eigenvalue weighted by Gasteiger charge is 2.20. The van der Waals surface area contributed by atoms with Gasteiger partial charge in [0, 0.05) is 12.2 Å². The summed E-state index contributed by atoms with van der Waals surface area (Å²) in [5.74, 6) is 0.649. The molecule has 5 heteroatoms. The Morgan fingerprint density at radius 2 is 2.12 bits per heavy atom. The zero-order valence-corrected chi connectivity index (χ0v) is 8.78. The van der Waals surface area contributed by atoms with E-state index in [2.05, 4.69) is 15.4 Å². The lowest BCUT2D eigenvalue weighted by Crippen LogP contribution is -2.10. The molecule has 1 fully saturated rings. The van der Waals surface area contributed by atoms with Crippen LogP contribution in [0.5, 0.6) is 0 Å². The van der Waals surface area contributed by atoms with Crippen molar-refractivity contribution in [1.29, 1.82) is 0 Å². The van der Waals surface area contributed by atoms with Gasteiger partial charge in [-0.05, 0) is 18.1 Å². The number of aromatic nitrogens is 4. The Morgan fingerprint density at radius 3 is 2.88 bits per heavy atom. The third-order valence-corrected chi connectivity index (χ3v) is 2.62. The Kier molecular flexibility index (Phi) is 2.38. The SMILES string of the molecule is c1ccc(-c2nnn(C3CCCO3)n2)cc1. The van der Waals surface area contributed by atoms with Crippen LogP contribution >= 0.6 is 0 Å². The molecular weight excluding hydrogens is 204 g/mol. The van der Waals surface area contributed by atoms with Crippen LogP contribution < -0.4 is 0 Å². The van der Waals surface area contributed by atoms with Crippen molar-refractivity contribution in [2.24, 2.45) is 0 Å². The number of tetrazole rings is 1. The number of ether oxygens (including phenoxy) is 1. The summed E-state index contributed by atoms with van der Waals surface area (Å²) >= 11 is 0. The fraction of sp³-hybridized carbons (Fsp3) is 0.364. The second kappa shape index (κ2) is 4.02. The van der Waals surface area contributed by atoms with Gasteiger partial charge in [0.15, 0.2) is 6.23 Å². The first kappa shape index (κ1) is 9.47. The fourth-order valence-electron chi connectivity index (χ4n) is 1.79. The van der Waals surface area contributed by atoms with Gasteiger partial charge in [-0.15, -0.1) is 15.0 Å². The summed E-state index contributed by atoms with van der Waals surface area (Å²) in [6.07, 6.45) is 1.99. The van der Waals surface area contributed by atoms with Crippen LogP contribution in [0.4, 0.5) is 0 Å². The molecule has 2 heterocycles. The monoisotopic (exact) mass is 216 g/mol. The lowest BCUT2D eigenvalue weighted by atomic mass is 10.2. The van der Waals surface area contributed by atoms with Crippen molar-refractivity contribution in [3.8, 4) is 11.4 Å². The predicted molar refractivity (Wildman–Crippen MR) is 57.5 cm³/mol. The Bertz CT molecular complexity index is 462. The van der Waals surface area contributed by atoms with Gasteiger partial charge in [-0.2, -0.15) is 0 Å². The highest BCUT2D eigenvalue weighted by atomic mass is 16.5. The van der Waals surface area contributed by atoms with Crippen LogP contribution in [-0.2, 0) is 4.74 Å². The molecule has 1 saturated heterocycles. The summed E-state index contributed by atoms with van der Waals surface area (Å²) in [6, 6.07) is 9.83. The van der Waals surface area contributed by atoms with Crippen LogP contribution in [0.3, 0.4) is 0 Å². The summed E-state index contributed by atoms with van der Waals surface area (Å²) < 4.78 is 5.49. The first-order chi connectivity index (χ1) is 7.93. The predicted octanol–water partition coefficient (Wildman–Crippen LogP) is 1.65. The van der Waals surface area contributed by atoms with Crippen LogP contribution in [0.1, 0.15) is 19.1 Å². The highest BCUT2D eigenvalue weighted by Crippen LogP contribution is 2.21. The average molecular weight is 216 g/mol. The number of rotatable bonds is 2. The molecule has 0 radical (unpaired) electrons. The van der Waals surface area contributed by atoms with E-state index in [1.807, 2.05) is 30.3 Å². The summed E-state index contributed by atoms with van der Waals surface area (Å²) in [6.45, 7) is 0.785. The normalized spacial score (nSPS) is 20.1. The second-order valence-electron chi connectivity index (χ2n) is 3.77. The van der Waals surface area contributed by atoms with Crippen molar-refractivity contribution in [2.45, 2.75) is 19.1 Å². The number of hydrogen-bond donors (Lipinski definition) is 0. The second-order valence-corrected chi connectivity index (χ2v) is 3.77. The minimum atomic E-state index is -0.0371. The molecule has 0 amide bonds. The van der Waals surface area contributed by atoms with E-state index in [9.17, 15) is 0 Å². The Labute approximate surface area is 93.0 Å². The van der Waals surface area contributed by atoms with Gasteiger partial charge in [-0.25, -0.2) is 0 Å². The van der Waals surface area contributed by atoms with Gasteiger partial charge in [0.25, 0.3) is 0 Å². The molecule has 1 aliphatic rings. The Morgan fingerprint density at radius 1 is 1.25 bits per heavy atom. The maximum atomic E-state index is 5.49. The van der Waals surface area contributed by atoms with Crippen LogP contribution in [0.15, 0.2) is 30.3 Å². The molecule has 1 aromatic heterocycles. The minimum Gasteiger partial charge on any atom is -0.355 e. The van der Waals surface area contributed by atoms with Crippen LogP contribution in [0, 0.1) is 0 Å². The first-order valence-corrected chi connectivity index (χ1v) is 5.40. The van der Waals surface area contributed by atoms with Crippen molar-refractivity contribution in [3.63, 3.8) is 0 Å².